The van der Waals surface area contributed by atoms with Crippen molar-refractivity contribution in [3.8, 4) is 0 Å². The Kier molecular flexibility index (Phi) is 4.48. The first kappa shape index (κ1) is 13.2. The fourth-order valence-electron chi connectivity index (χ4n) is 2.60. The van der Waals surface area contributed by atoms with Gasteiger partial charge in [-0.05, 0) is 44.2 Å². The predicted octanol–water partition coefficient (Wildman–Crippen LogP) is 3.27. The third-order valence-electron chi connectivity index (χ3n) is 3.76. The van der Waals surface area contributed by atoms with E-state index in [1.165, 1.54) is 44.2 Å². The minimum absolute atomic E-state index is 0.0723. The van der Waals surface area contributed by atoms with Crippen LogP contribution in [0.3, 0.4) is 0 Å². The Morgan fingerprint density at radius 2 is 1.83 bits per heavy atom. The van der Waals surface area contributed by atoms with Crippen molar-refractivity contribution in [1.82, 2.24) is 4.90 Å². The highest BCUT2D eigenvalue weighted by molar-refractivity contribution is 5.97. The number of hydrogen-bond acceptors (Lipinski definition) is 2. The Morgan fingerprint density at radius 1 is 1.22 bits per heavy atom. The third-order valence-corrected chi connectivity index (χ3v) is 3.76. The highest BCUT2D eigenvalue weighted by atomic mass is 19.1. The zero-order valence-electron chi connectivity index (χ0n) is 10.9. The maximum Gasteiger partial charge on any atom is 0.176 e. The van der Waals surface area contributed by atoms with E-state index in [2.05, 4.69) is 4.90 Å². The number of hydrogen-bond donors (Lipinski definition) is 0. The van der Waals surface area contributed by atoms with Crippen molar-refractivity contribution in [2.75, 3.05) is 13.6 Å². The van der Waals surface area contributed by atoms with E-state index >= 15 is 0 Å². The molecule has 0 N–H and O–H groups in total. The standard InChI is InChI=1S/C15H20FNO/c1-17(14-5-3-2-4-6-14)11-15(18)12-7-9-13(16)10-8-12/h7-10,14H,2-6,11H2,1H3. The average Bonchev–Trinajstić information content (AvgIpc) is 2.40. The molecule has 0 aliphatic heterocycles. The monoisotopic (exact) mass is 249 g/mol. The first-order chi connectivity index (χ1) is 8.66. The second-order valence-corrected chi connectivity index (χ2v) is 5.14. The van der Waals surface area contributed by atoms with Crippen molar-refractivity contribution in [3.63, 3.8) is 0 Å². The van der Waals surface area contributed by atoms with E-state index in [1.54, 1.807) is 12.1 Å². The zero-order chi connectivity index (χ0) is 13.0. The molecule has 1 aliphatic rings. The largest absolute Gasteiger partial charge is 0.296 e. The fraction of sp³-hybridized carbons (Fsp3) is 0.533. The van der Waals surface area contributed by atoms with E-state index in [9.17, 15) is 9.18 Å². The molecular weight excluding hydrogens is 229 g/mol. The van der Waals surface area contributed by atoms with Gasteiger partial charge in [0.2, 0.25) is 0 Å². The molecule has 1 aliphatic carbocycles. The molecule has 2 nitrogen and oxygen atoms in total. The second kappa shape index (κ2) is 6.10. The van der Waals surface area contributed by atoms with Crippen LogP contribution >= 0.6 is 0 Å². The molecule has 0 heterocycles. The van der Waals surface area contributed by atoms with Crippen molar-refractivity contribution in [3.05, 3.63) is 35.6 Å². The summed E-state index contributed by atoms with van der Waals surface area (Å²) in [5.74, 6) is -0.227. The molecule has 1 fully saturated rings. The van der Waals surface area contributed by atoms with Crippen LogP contribution in [0.1, 0.15) is 42.5 Å². The molecule has 1 aromatic rings. The molecule has 98 valence electrons. The minimum Gasteiger partial charge on any atom is -0.296 e. The van der Waals surface area contributed by atoms with Gasteiger partial charge in [-0.1, -0.05) is 19.3 Å². The molecule has 0 atom stereocenters. The molecule has 3 heteroatoms. The summed E-state index contributed by atoms with van der Waals surface area (Å²) in [7, 11) is 2.01. The number of carbonyl (C=O) groups excluding carboxylic acids is 1. The SMILES string of the molecule is CN(CC(=O)c1ccc(F)cc1)C1CCCCC1. The van der Waals surface area contributed by atoms with E-state index < -0.39 is 0 Å². The van der Waals surface area contributed by atoms with Crippen molar-refractivity contribution in [1.29, 1.82) is 0 Å². The summed E-state index contributed by atoms with van der Waals surface area (Å²) in [5.41, 5.74) is 0.596. The number of benzene rings is 1. The highest BCUT2D eigenvalue weighted by Crippen LogP contribution is 2.21. The lowest BCUT2D eigenvalue weighted by molar-refractivity contribution is 0.0899. The van der Waals surface area contributed by atoms with E-state index in [0.717, 1.165) is 0 Å². The van der Waals surface area contributed by atoms with Crippen LogP contribution in [0.5, 0.6) is 0 Å². The van der Waals surface area contributed by atoms with E-state index in [4.69, 9.17) is 0 Å². The normalized spacial score (nSPS) is 17.1. The first-order valence-corrected chi connectivity index (χ1v) is 6.66. The van der Waals surface area contributed by atoms with Crippen LogP contribution < -0.4 is 0 Å². The maximum absolute atomic E-state index is 12.8. The first-order valence-electron chi connectivity index (χ1n) is 6.66. The summed E-state index contributed by atoms with van der Waals surface area (Å²) in [4.78, 5) is 14.2. The maximum atomic E-state index is 12.8. The van der Waals surface area contributed by atoms with Gasteiger partial charge in [0.1, 0.15) is 5.82 Å². The van der Waals surface area contributed by atoms with Crippen LogP contribution in [0.2, 0.25) is 0 Å². The van der Waals surface area contributed by atoms with Crippen molar-refractivity contribution in [2.45, 2.75) is 38.1 Å². The van der Waals surface area contributed by atoms with Gasteiger partial charge in [-0.25, -0.2) is 4.39 Å². The molecular formula is C15H20FNO. The third kappa shape index (κ3) is 3.39. The molecule has 0 spiro atoms. The lowest BCUT2D eigenvalue weighted by Gasteiger charge is -2.30. The Balaban J connectivity index is 1.91. The summed E-state index contributed by atoms with van der Waals surface area (Å²) in [6.07, 6.45) is 6.22. The number of likely N-dealkylation sites (N-methyl/N-ethyl adjacent to an activating group) is 1. The number of Topliss-reactive ketones (excluding diaryl/α,β-unsaturated/α-hetero) is 1. The van der Waals surface area contributed by atoms with Gasteiger partial charge < -0.3 is 0 Å². The molecule has 0 aromatic heterocycles. The zero-order valence-corrected chi connectivity index (χ0v) is 10.9. The van der Waals surface area contributed by atoms with Gasteiger partial charge >= 0.3 is 0 Å². The van der Waals surface area contributed by atoms with E-state index in [0.29, 0.717) is 18.2 Å². The van der Waals surface area contributed by atoms with Gasteiger partial charge in [-0.3, -0.25) is 9.69 Å². The quantitative estimate of drug-likeness (QED) is 0.763. The number of carbonyl (C=O) groups is 1. The fourth-order valence-corrected chi connectivity index (χ4v) is 2.60. The molecule has 1 saturated carbocycles. The lowest BCUT2D eigenvalue weighted by Crippen LogP contribution is -2.37. The van der Waals surface area contributed by atoms with E-state index in [-0.39, 0.29) is 11.6 Å². The topological polar surface area (TPSA) is 20.3 Å². The average molecular weight is 249 g/mol. The van der Waals surface area contributed by atoms with Gasteiger partial charge in [0, 0.05) is 11.6 Å². The van der Waals surface area contributed by atoms with Gasteiger partial charge in [0.15, 0.2) is 5.78 Å². The van der Waals surface area contributed by atoms with Crippen LogP contribution in [0.15, 0.2) is 24.3 Å². The summed E-state index contributed by atoms with van der Waals surface area (Å²) in [6.45, 7) is 0.427. The molecule has 0 radical (unpaired) electrons. The molecule has 0 amide bonds. The van der Waals surface area contributed by atoms with Crippen LogP contribution in [-0.4, -0.2) is 30.3 Å². The van der Waals surface area contributed by atoms with Crippen LogP contribution in [-0.2, 0) is 0 Å². The van der Waals surface area contributed by atoms with Crippen molar-refractivity contribution in [2.24, 2.45) is 0 Å². The van der Waals surface area contributed by atoms with Crippen molar-refractivity contribution >= 4 is 5.78 Å². The van der Waals surface area contributed by atoms with Gasteiger partial charge in [0.25, 0.3) is 0 Å². The van der Waals surface area contributed by atoms with Gasteiger partial charge in [0.05, 0.1) is 6.54 Å². The second-order valence-electron chi connectivity index (χ2n) is 5.14. The smallest absolute Gasteiger partial charge is 0.176 e. The van der Waals surface area contributed by atoms with Crippen LogP contribution in [0.4, 0.5) is 4.39 Å². The molecule has 0 unspecified atom stereocenters. The molecule has 2 rings (SSSR count). The summed E-state index contributed by atoms with van der Waals surface area (Å²) in [5, 5.41) is 0. The minimum atomic E-state index is -0.299. The molecule has 18 heavy (non-hydrogen) atoms. The van der Waals surface area contributed by atoms with Crippen LogP contribution in [0.25, 0.3) is 0 Å². The Bertz CT molecular complexity index is 395. The van der Waals surface area contributed by atoms with Crippen LogP contribution in [0, 0.1) is 5.82 Å². The van der Waals surface area contributed by atoms with Gasteiger partial charge in [-0.15, -0.1) is 0 Å². The Labute approximate surface area is 108 Å². The number of ketones is 1. The Hall–Kier alpha value is -1.22. The number of rotatable bonds is 4. The molecule has 1 aromatic carbocycles. The highest BCUT2D eigenvalue weighted by Gasteiger charge is 2.20. The van der Waals surface area contributed by atoms with Gasteiger partial charge in [-0.2, -0.15) is 0 Å². The number of nitrogens with zero attached hydrogens (tertiary/aromatic N) is 1. The van der Waals surface area contributed by atoms with Crippen molar-refractivity contribution < 1.29 is 9.18 Å². The molecule has 0 bridgehead atoms. The number of halogens is 1. The Morgan fingerprint density at radius 3 is 2.44 bits per heavy atom. The molecule has 0 saturated heterocycles. The summed E-state index contributed by atoms with van der Waals surface area (Å²) in [6, 6.07) is 6.34. The summed E-state index contributed by atoms with van der Waals surface area (Å²) >= 11 is 0. The summed E-state index contributed by atoms with van der Waals surface area (Å²) < 4.78 is 12.8. The van der Waals surface area contributed by atoms with E-state index in [1.807, 2.05) is 7.05 Å². The lowest BCUT2D eigenvalue weighted by atomic mass is 9.94. The predicted molar refractivity (Wildman–Crippen MR) is 70.2 cm³/mol.